The predicted molar refractivity (Wildman–Crippen MR) is 123 cm³/mol. The van der Waals surface area contributed by atoms with E-state index in [4.69, 9.17) is 16.0 Å². The number of fused-ring (bicyclic) bond motifs is 1. The van der Waals surface area contributed by atoms with Crippen LogP contribution in [0.2, 0.25) is 5.02 Å². The second-order valence-corrected chi connectivity index (χ2v) is 9.34. The SMILES string of the molecule is Cc1cc(C)c(-c2cc3cc(-c4ccc(Cl)c(C(C)(C)C)c4)ncc3o2)c(C)c1. The minimum atomic E-state index is -0.0273. The Hall–Kier alpha value is -2.58. The molecule has 0 spiro atoms. The lowest BCUT2D eigenvalue weighted by Crippen LogP contribution is -2.11. The molecular weight excluding hydrogens is 378 g/mol. The highest BCUT2D eigenvalue weighted by molar-refractivity contribution is 6.31. The molecule has 2 aromatic carbocycles. The van der Waals surface area contributed by atoms with E-state index >= 15 is 0 Å². The van der Waals surface area contributed by atoms with Crippen LogP contribution >= 0.6 is 11.6 Å². The lowest BCUT2D eigenvalue weighted by molar-refractivity contribution is 0.590. The number of benzene rings is 2. The third-order valence-electron chi connectivity index (χ3n) is 5.40. The topological polar surface area (TPSA) is 26.0 Å². The number of hydrogen-bond acceptors (Lipinski definition) is 2. The first kappa shape index (κ1) is 19.7. The summed E-state index contributed by atoms with van der Waals surface area (Å²) in [5.74, 6) is 0.889. The minimum absolute atomic E-state index is 0.0273. The number of rotatable bonds is 2. The lowest BCUT2D eigenvalue weighted by atomic mass is 9.85. The van der Waals surface area contributed by atoms with Crippen molar-refractivity contribution in [2.24, 2.45) is 0 Å². The smallest absolute Gasteiger partial charge is 0.153 e. The highest BCUT2D eigenvalue weighted by Crippen LogP contribution is 2.36. The average molecular weight is 404 g/mol. The van der Waals surface area contributed by atoms with Gasteiger partial charge in [-0.05, 0) is 67.1 Å². The fraction of sp³-hybridized carbons (Fsp3) is 0.269. The molecule has 0 fully saturated rings. The average Bonchev–Trinajstić information content (AvgIpc) is 3.02. The van der Waals surface area contributed by atoms with Gasteiger partial charge in [-0.15, -0.1) is 0 Å². The van der Waals surface area contributed by atoms with Crippen LogP contribution in [0.15, 0.2) is 53.1 Å². The van der Waals surface area contributed by atoms with Crippen molar-refractivity contribution in [3.8, 4) is 22.6 Å². The van der Waals surface area contributed by atoms with E-state index in [1.54, 1.807) is 0 Å². The molecule has 2 nitrogen and oxygen atoms in total. The monoisotopic (exact) mass is 403 g/mol. The van der Waals surface area contributed by atoms with Gasteiger partial charge in [0, 0.05) is 21.5 Å². The van der Waals surface area contributed by atoms with E-state index in [1.807, 2.05) is 18.3 Å². The van der Waals surface area contributed by atoms with E-state index in [0.717, 1.165) is 44.1 Å². The molecule has 0 atom stereocenters. The molecule has 29 heavy (non-hydrogen) atoms. The molecule has 0 aliphatic rings. The van der Waals surface area contributed by atoms with Gasteiger partial charge in [0.05, 0.1) is 11.9 Å². The van der Waals surface area contributed by atoms with Crippen LogP contribution in [0.1, 0.15) is 43.0 Å². The van der Waals surface area contributed by atoms with Crippen molar-refractivity contribution >= 4 is 22.6 Å². The summed E-state index contributed by atoms with van der Waals surface area (Å²) in [6, 6.07) is 14.7. The molecule has 0 N–H and O–H groups in total. The summed E-state index contributed by atoms with van der Waals surface area (Å²) in [6.07, 6.45) is 1.82. The zero-order valence-corrected chi connectivity index (χ0v) is 18.6. The van der Waals surface area contributed by atoms with Crippen molar-refractivity contribution in [1.82, 2.24) is 4.98 Å². The molecule has 0 aliphatic carbocycles. The molecule has 0 saturated carbocycles. The van der Waals surface area contributed by atoms with E-state index < -0.39 is 0 Å². The first-order valence-electron chi connectivity index (χ1n) is 9.92. The fourth-order valence-corrected chi connectivity index (χ4v) is 4.46. The van der Waals surface area contributed by atoms with Crippen molar-refractivity contribution in [3.05, 3.63) is 75.9 Å². The van der Waals surface area contributed by atoms with Gasteiger partial charge in [0.25, 0.3) is 0 Å². The number of hydrogen-bond donors (Lipinski definition) is 0. The number of nitrogens with zero attached hydrogens (tertiary/aromatic N) is 1. The Morgan fingerprint density at radius 3 is 2.24 bits per heavy atom. The van der Waals surface area contributed by atoms with Crippen molar-refractivity contribution < 1.29 is 4.42 Å². The van der Waals surface area contributed by atoms with E-state index in [-0.39, 0.29) is 5.41 Å². The largest absolute Gasteiger partial charge is 0.454 e. The van der Waals surface area contributed by atoms with Gasteiger partial charge in [0.15, 0.2) is 5.58 Å². The van der Waals surface area contributed by atoms with Crippen molar-refractivity contribution in [2.45, 2.75) is 47.0 Å². The quantitative estimate of drug-likeness (QED) is 0.338. The van der Waals surface area contributed by atoms with E-state index in [1.165, 1.54) is 16.7 Å². The third-order valence-corrected chi connectivity index (χ3v) is 5.73. The summed E-state index contributed by atoms with van der Waals surface area (Å²) >= 11 is 6.44. The zero-order chi connectivity index (χ0) is 20.9. The van der Waals surface area contributed by atoms with E-state index in [2.05, 4.69) is 76.9 Å². The van der Waals surface area contributed by atoms with Gasteiger partial charge in [0.1, 0.15) is 5.76 Å². The molecule has 0 unspecified atom stereocenters. The minimum Gasteiger partial charge on any atom is -0.454 e. The number of pyridine rings is 1. The standard InChI is InChI=1S/C26H26ClNO/c1-15-9-16(2)25(17(3)10-15)23-13-19-12-22(28-14-24(19)29-23)18-7-8-21(27)20(11-18)26(4,5)6/h7-14H,1-6H3. The molecule has 148 valence electrons. The third kappa shape index (κ3) is 3.70. The van der Waals surface area contributed by atoms with Crippen molar-refractivity contribution in [3.63, 3.8) is 0 Å². The van der Waals surface area contributed by atoms with Crippen LogP contribution in [-0.2, 0) is 5.41 Å². The summed E-state index contributed by atoms with van der Waals surface area (Å²) in [5, 5.41) is 1.84. The Balaban J connectivity index is 1.81. The molecule has 3 heteroatoms. The summed E-state index contributed by atoms with van der Waals surface area (Å²) in [7, 11) is 0. The molecule has 4 aromatic rings. The molecule has 0 amide bonds. The number of aromatic nitrogens is 1. The van der Waals surface area contributed by atoms with Gasteiger partial charge in [0.2, 0.25) is 0 Å². The van der Waals surface area contributed by atoms with Crippen LogP contribution in [0.5, 0.6) is 0 Å². The summed E-state index contributed by atoms with van der Waals surface area (Å²) in [4.78, 5) is 4.66. The Kier molecular flexibility index (Phi) is 4.78. The molecule has 4 rings (SSSR count). The van der Waals surface area contributed by atoms with Gasteiger partial charge in [-0.1, -0.05) is 56.1 Å². The highest BCUT2D eigenvalue weighted by Gasteiger charge is 2.19. The van der Waals surface area contributed by atoms with Gasteiger partial charge in [-0.3, -0.25) is 4.98 Å². The Morgan fingerprint density at radius 2 is 1.59 bits per heavy atom. The first-order chi connectivity index (χ1) is 13.6. The van der Waals surface area contributed by atoms with E-state index in [0.29, 0.717) is 0 Å². The summed E-state index contributed by atoms with van der Waals surface area (Å²) in [6.45, 7) is 12.9. The predicted octanol–water partition coefficient (Wildman–Crippen LogP) is 8.04. The second kappa shape index (κ2) is 7.03. The van der Waals surface area contributed by atoms with Crippen LogP contribution in [0.3, 0.4) is 0 Å². The van der Waals surface area contributed by atoms with Gasteiger partial charge in [-0.2, -0.15) is 0 Å². The Labute approximate surface area is 177 Å². The fourth-order valence-electron chi connectivity index (χ4n) is 4.05. The maximum Gasteiger partial charge on any atom is 0.153 e. The molecular formula is C26H26ClNO. The zero-order valence-electron chi connectivity index (χ0n) is 17.9. The number of furan rings is 1. The van der Waals surface area contributed by atoms with Crippen LogP contribution in [0, 0.1) is 20.8 Å². The maximum absolute atomic E-state index is 6.44. The molecule has 2 aromatic heterocycles. The second-order valence-electron chi connectivity index (χ2n) is 8.94. The van der Waals surface area contributed by atoms with E-state index in [9.17, 15) is 0 Å². The van der Waals surface area contributed by atoms with Crippen molar-refractivity contribution in [1.29, 1.82) is 0 Å². The van der Waals surface area contributed by atoms with Gasteiger partial charge < -0.3 is 4.42 Å². The first-order valence-corrected chi connectivity index (χ1v) is 10.3. The number of halogens is 1. The molecule has 0 radical (unpaired) electrons. The Bertz CT molecular complexity index is 1200. The highest BCUT2D eigenvalue weighted by atomic mass is 35.5. The summed E-state index contributed by atoms with van der Waals surface area (Å²) < 4.78 is 6.16. The van der Waals surface area contributed by atoms with Crippen LogP contribution in [-0.4, -0.2) is 4.98 Å². The van der Waals surface area contributed by atoms with Crippen LogP contribution in [0.4, 0.5) is 0 Å². The summed E-state index contributed by atoms with van der Waals surface area (Å²) in [5.41, 5.74) is 8.75. The normalized spacial score (nSPS) is 12.0. The van der Waals surface area contributed by atoms with Gasteiger partial charge >= 0.3 is 0 Å². The molecule has 0 bridgehead atoms. The molecule has 0 aliphatic heterocycles. The maximum atomic E-state index is 6.44. The van der Waals surface area contributed by atoms with Gasteiger partial charge in [-0.25, -0.2) is 0 Å². The molecule has 0 saturated heterocycles. The van der Waals surface area contributed by atoms with Crippen LogP contribution < -0.4 is 0 Å². The Morgan fingerprint density at radius 1 is 0.897 bits per heavy atom. The van der Waals surface area contributed by atoms with Crippen molar-refractivity contribution in [2.75, 3.05) is 0 Å². The number of aryl methyl sites for hydroxylation is 3. The van der Waals surface area contributed by atoms with Crippen LogP contribution in [0.25, 0.3) is 33.6 Å². The lowest BCUT2D eigenvalue weighted by Gasteiger charge is -2.21. The molecule has 2 heterocycles.